The van der Waals surface area contributed by atoms with Crippen molar-refractivity contribution in [2.75, 3.05) is 0 Å². The third-order valence-corrected chi connectivity index (χ3v) is 7.11. The summed E-state index contributed by atoms with van der Waals surface area (Å²) in [4.78, 5) is 19.2. The first-order chi connectivity index (χ1) is 17.8. The zero-order valence-electron chi connectivity index (χ0n) is 19.2. The van der Waals surface area contributed by atoms with Gasteiger partial charge >= 0.3 is 0 Å². The topological polar surface area (TPSA) is 51.6 Å². The molecule has 4 nitrogen and oxygen atoms in total. The molecule has 0 spiro atoms. The smallest absolute Gasteiger partial charge is 0.0899 e. The first-order valence-electron chi connectivity index (χ1n) is 12.0. The summed E-state index contributed by atoms with van der Waals surface area (Å²) in [6, 6.07) is 33.5. The molecular weight excluding hydrogens is 440 g/mol. The molecule has 36 heavy (non-hydrogen) atoms. The molecule has 0 N–H and O–H groups in total. The molecule has 166 valence electrons. The van der Waals surface area contributed by atoms with Crippen molar-refractivity contribution >= 4 is 54.4 Å². The summed E-state index contributed by atoms with van der Waals surface area (Å²) in [7, 11) is 0. The molecule has 0 unspecified atom stereocenters. The van der Waals surface area contributed by atoms with E-state index in [9.17, 15) is 0 Å². The maximum atomic E-state index is 4.94. The van der Waals surface area contributed by atoms with Crippen molar-refractivity contribution in [2.24, 2.45) is 0 Å². The Kier molecular flexibility index (Phi) is 3.91. The van der Waals surface area contributed by atoms with E-state index in [4.69, 9.17) is 9.97 Å². The Balaban J connectivity index is 1.42. The second-order valence-electron chi connectivity index (χ2n) is 9.14. The van der Waals surface area contributed by atoms with Gasteiger partial charge in [0.1, 0.15) is 0 Å². The Morgan fingerprint density at radius 3 is 1.28 bits per heavy atom. The molecule has 2 aromatic heterocycles. The van der Waals surface area contributed by atoms with E-state index in [0.717, 1.165) is 44.6 Å². The predicted octanol–water partition coefficient (Wildman–Crippen LogP) is 7.80. The molecule has 0 bridgehead atoms. The average Bonchev–Trinajstić information content (AvgIpc) is 2.95. The molecule has 2 heterocycles. The van der Waals surface area contributed by atoms with E-state index < -0.39 is 0 Å². The molecule has 0 saturated heterocycles. The summed E-state index contributed by atoms with van der Waals surface area (Å²) in [5.74, 6) is 0. The quantitative estimate of drug-likeness (QED) is 0.248. The highest BCUT2D eigenvalue weighted by Gasteiger charge is 2.16. The lowest BCUT2D eigenvalue weighted by molar-refractivity contribution is 1.30. The monoisotopic (exact) mass is 458 g/mol. The van der Waals surface area contributed by atoms with Crippen LogP contribution in [0.25, 0.3) is 76.9 Å². The minimum absolute atomic E-state index is 0.882. The molecule has 6 aromatic carbocycles. The summed E-state index contributed by atoms with van der Waals surface area (Å²) in [5.41, 5.74) is 7.55. The Hall–Kier alpha value is -4.96. The first-order valence-corrected chi connectivity index (χ1v) is 12.0. The van der Waals surface area contributed by atoms with Crippen LogP contribution in [0.2, 0.25) is 0 Å². The third-order valence-electron chi connectivity index (χ3n) is 7.11. The molecule has 0 amide bonds. The van der Waals surface area contributed by atoms with Gasteiger partial charge in [-0.05, 0) is 56.6 Å². The molecule has 0 aliphatic heterocycles. The molecule has 0 atom stereocenters. The van der Waals surface area contributed by atoms with Crippen molar-refractivity contribution in [3.8, 4) is 22.5 Å². The minimum Gasteiger partial charge on any atom is -0.252 e. The van der Waals surface area contributed by atoms with Crippen molar-refractivity contribution in [2.45, 2.75) is 0 Å². The van der Waals surface area contributed by atoms with Crippen LogP contribution in [-0.4, -0.2) is 19.9 Å². The van der Waals surface area contributed by atoms with Gasteiger partial charge in [-0.25, -0.2) is 9.97 Å². The van der Waals surface area contributed by atoms with Crippen LogP contribution in [0.4, 0.5) is 0 Å². The zero-order chi connectivity index (χ0) is 23.6. The van der Waals surface area contributed by atoms with Crippen molar-refractivity contribution < 1.29 is 0 Å². The predicted molar refractivity (Wildman–Crippen MR) is 147 cm³/mol. The number of para-hydroxylation sites is 4. The van der Waals surface area contributed by atoms with E-state index in [1.54, 1.807) is 0 Å². The van der Waals surface area contributed by atoms with Crippen molar-refractivity contribution in [1.29, 1.82) is 0 Å². The van der Waals surface area contributed by atoms with Crippen molar-refractivity contribution in [3.63, 3.8) is 0 Å². The molecule has 0 aliphatic rings. The van der Waals surface area contributed by atoms with Gasteiger partial charge < -0.3 is 0 Å². The molecular formula is C32H18N4. The summed E-state index contributed by atoms with van der Waals surface area (Å²) in [5, 5.41) is 7.26. The normalized spacial score (nSPS) is 11.9. The fraction of sp³-hybridized carbons (Fsp3) is 0. The SMILES string of the molecule is c1ccc2nc(-c3ccc4ccc5c(-c6cnc7ccccc7n6)ccc6ccc3c4c65)cnc2c1. The fourth-order valence-corrected chi connectivity index (χ4v) is 5.42. The molecule has 0 fully saturated rings. The Labute approximate surface area is 206 Å². The van der Waals surface area contributed by atoms with E-state index in [1.807, 2.05) is 60.9 Å². The second-order valence-corrected chi connectivity index (χ2v) is 9.14. The van der Waals surface area contributed by atoms with Gasteiger partial charge in [-0.1, -0.05) is 72.8 Å². The van der Waals surface area contributed by atoms with Crippen LogP contribution in [0.1, 0.15) is 0 Å². The number of nitrogens with zero attached hydrogens (tertiary/aromatic N) is 4. The van der Waals surface area contributed by atoms with Crippen LogP contribution in [0.5, 0.6) is 0 Å². The van der Waals surface area contributed by atoms with Crippen LogP contribution >= 0.6 is 0 Å². The number of hydrogen-bond acceptors (Lipinski definition) is 4. The lowest BCUT2D eigenvalue weighted by atomic mass is 9.89. The number of fused-ring (bicyclic) bond motifs is 2. The molecule has 4 heteroatoms. The van der Waals surface area contributed by atoms with E-state index in [2.05, 4.69) is 58.5 Å². The highest BCUT2D eigenvalue weighted by molar-refractivity contribution is 6.27. The van der Waals surface area contributed by atoms with Crippen molar-refractivity contribution in [3.05, 3.63) is 109 Å². The molecule has 8 aromatic rings. The largest absolute Gasteiger partial charge is 0.252 e. The van der Waals surface area contributed by atoms with Crippen molar-refractivity contribution in [1.82, 2.24) is 19.9 Å². The van der Waals surface area contributed by atoms with Gasteiger partial charge in [-0.15, -0.1) is 0 Å². The Morgan fingerprint density at radius 2 is 0.806 bits per heavy atom. The number of benzene rings is 6. The number of aromatic nitrogens is 4. The van der Waals surface area contributed by atoms with Gasteiger partial charge in [-0.3, -0.25) is 9.97 Å². The molecule has 0 radical (unpaired) electrons. The van der Waals surface area contributed by atoms with Gasteiger partial charge in [0, 0.05) is 11.1 Å². The van der Waals surface area contributed by atoms with Crippen LogP contribution in [0.3, 0.4) is 0 Å². The van der Waals surface area contributed by atoms with Gasteiger partial charge in [0.15, 0.2) is 0 Å². The van der Waals surface area contributed by atoms with E-state index in [1.165, 1.54) is 32.3 Å². The second kappa shape index (κ2) is 7.27. The maximum Gasteiger partial charge on any atom is 0.0899 e. The van der Waals surface area contributed by atoms with E-state index in [0.29, 0.717) is 0 Å². The molecule has 8 rings (SSSR count). The van der Waals surface area contributed by atoms with Crippen LogP contribution in [0, 0.1) is 0 Å². The van der Waals surface area contributed by atoms with Gasteiger partial charge in [0.2, 0.25) is 0 Å². The first kappa shape index (κ1) is 19.4. The van der Waals surface area contributed by atoms with Crippen LogP contribution in [0.15, 0.2) is 109 Å². The summed E-state index contributed by atoms with van der Waals surface area (Å²) in [6.45, 7) is 0. The summed E-state index contributed by atoms with van der Waals surface area (Å²) >= 11 is 0. The zero-order valence-corrected chi connectivity index (χ0v) is 19.2. The highest BCUT2D eigenvalue weighted by Crippen LogP contribution is 2.41. The third kappa shape index (κ3) is 2.75. The van der Waals surface area contributed by atoms with Gasteiger partial charge in [0.25, 0.3) is 0 Å². The number of rotatable bonds is 2. The van der Waals surface area contributed by atoms with E-state index >= 15 is 0 Å². The Bertz CT molecular complexity index is 1960. The molecule has 0 saturated carbocycles. The van der Waals surface area contributed by atoms with Crippen LogP contribution in [-0.2, 0) is 0 Å². The molecule has 0 aliphatic carbocycles. The summed E-state index contributed by atoms with van der Waals surface area (Å²) in [6.07, 6.45) is 3.76. The fourth-order valence-electron chi connectivity index (χ4n) is 5.42. The lowest BCUT2D eigenvalue weighted by Crippen LogP contribution is -1.93. The van der Waals surface area contributed by atoms with Crippen LogP contribution < -0.4 is 0 Å². The minimum atomic E-state index is 0.882. The lowest BCUT2D eigenvalue weighted by Gasteiger charge is -2.16. The standard InChI is InChI=1S/C32H18N4/c1-3-7-27-25(5-1)33-17-29(35-27)21-13-9-19-12-16-24-22(14-10-20-11-15-23(21)31(19)32(20)24)30-18-34-26-6-2-4-8-28(26)36-30/h1-18H. The summed E-state index contributed by atoms with van der Waals surface area (Å²) < 4.78 is 0. The van der Waals surface area contributed by atoms with Gasteiger partial charge in [-0.2, -0.15) is 0 Å². The highest BCUT2D eigenvalue weighted by atomic mass is 14.8. The van der Waals surface area contributed by atoms with Gasteiger partial charge in [0.05, 0.1) is 45.8 Å². The average molecular weight is 459 g/mol. The Morgan fingerprint density at radius 1 is 0.389 bits per heavy atom. The van der Waals surface area contributed by atoms with E-state index in [-0.39, 0.29) is 0 Å². The number of hydrogen-bond donors (Lipinski definition) is 0. The maximum absolute atomic E-state index is 4.94.